The molecule has 1 aliphatic carbocycles. The molecule has 0 amide bonds. The van der Waals surface area contributed by atoms with Gasteiger partial charge in [-0.2, -0.15) is 0 Å². The summed E-state index contributed by atoms with van der Waals surface area (Å²) >= 11 is 0. The third kappa shape index (κ3) is 3.73. The van der Waals surface area contributed by atoms with Crippen LogP contribution in [0.3, 0.4) is 0 Å². The Morgan fingerprint density at radius 1 is 1.22 bits per heavy atom. The van der Waals surface area contributed by atoms with Crippen LogP contribution in [0.2, 0.25) is 0 Å². The maximum Gasteiger partial charge on any atom is 0.0599 e. The predicted octanol–water partition coefficient (Wildman–Crippen LogP) is 2.64. The number of rotatable bonds is 5. The number of terminal acetylenes is 1. The van der Waals surface area contributed by atoms with Gasteiger partial charge in [-0.3, -0.25) is 4.90 Å². The molecule has 0 radical (unpaired) electrons. The maximum atomic E-state index is 5.46. The van der Waals surface area contributed by atoms with Gasteiger partial charge < -0.3 is 5.32 Å². The summed E-state index contributed by atoms with van der Waals surface area (Å²) in [4.78, 5) is 2.43. The van der Waals surface area contributed by atoms with Crippen molar-refractivity contribution < 1.29 is 0 Å². The van der Waals surface area contributed by atoms with E-state index in [0.29, 0.717) is 6.04 Å². The molecule has 0 aromatic rings. The van der Waals surface area contributed by atoms with Crippen molar-refractivity contribution in [3.63, 3.8) is 0 Å². The third-order valence-electron chi connectivity index (χ3n) is 4.58. The molecule has 18 heavy (non-hydrogen) atoms. The minimum Gasteiger partial charge on any atom is -0.310 e. The van der Waals surface area contributed by atoms with E-state index in [4.69, 9.17) is 6.42 Å². The summed E-state index contributed by atoms with van der Waals surface area (Å²) < 4.78 is 0. The molecule has 0 spiro atoms. The van der Waals surface area contributed by atoms with Crippen molar-refractivity contribution in [2.45, 2.75) is 64.0 Å². The largest absolute Gasteiger partial charge is 0.310 e. The molecule has 3 unspecified atom stereocenters. The fraction of sp³-hybridized carbons (Fsp3) is 0.875. The van der Waals surface area contributed by atoms with Crippen LogP contribution in [0.4, 0.5) is 0 Å². The van der Waals surface area contributed by atoms with Gasteiger partial charge in [-0.05, 0) is 44.6 Å². The van der Waals surface area contributed by atoms with Crippen molar-refractivity contribution in [3.05, 3.63) is 0 Å². The molecule has 0 bridgehead atoms. The van der Waals surface area contributed by atoms with Crippen molar-refractivity contribution in [2.75, 3.05) is 19.6 Å². The Labute approximate surface area is 113 Å². The first-order valence-corrected chi connectivity index (χ1v) is 7.75. The Morgan fingerprint density at radius 2 is 2.06 bits per heavy atom. The lowest BCUT2D eigenvalue weighted by Crippen LogP contribution is -2.53. The number of hydrogen-bond donors (Lipinski definition) is 1. The van der Waals surface area contributed by atoms with Crippen LogP contribution < -0.4 is 5.32 Å². The quantitative estimate of drug-likeness (QED) is 0.753. The molecule has 1 N–H and O–H groups in total. The predicted molar refractivity (Wildman–Crippen MR) is 77.5 cm³/mol. The number of hydrogen-bond acceptors (Lipinski definition) is 2. The Bertz CT molecular complexity index is 281. The third-order valence-corrected chi connectivity index (χ3v) is 4.58. The molecule has 3 atom stereocenters. The molecule has 2 fully saturated rings. The maximum absolute atomic E-state index is 5.46. The van der Waals surface area contributed by atoms with Crippen molar-refractivity contribution >= 4 is 0 Å². The Morgan fingerprint density at radius 3 is 2.83 bits per heavy atom. The van der Waals surface area contributed by atoms with E-state index in [-0.39, 0.29) is 0 Å². The van der Waals surface area contributed by atoms with E-state index in [2.05, 4.69) is 23.1 Å². The summed E-state index contributed by atoms with van der Waals surface area (Å²) in [6.07, 6.45) is 15.1. The molecule has 102 valence electrons. The average Bonchev–Trinajstić information content (AvgIpc) is 2.39. The fourth-order valence-corrected chi connectivity index (χ4v) is 3.71. The van der Waals surface area contributed by atoms with Gasteiger partial charge in [0.25, 0.3) is 0 Å². The highest BCUT2D eigenvalue weighted by Crippen LogP contribution is 2.32. The summed E-state index contributed by atoms with van der Waals surface area (Å²) in [5.74, 6) is 3.76. The first kappa shape index (κ1) is 13.9. The van der Waals surface area contributed by atoms with Crippen LogP contribution in [0, 0.1) is 18.3 Å². The van der Waals surface area contributed by atoms with Crippen LogP contribution >= 0.6 is 0 Å². The zero-order valence-electron chi connectivity index (χ0n) is 11.8. The first-order valence-electron chi connectivity index (χ1n) is 7.75. The second kappa shape index (κ2) is 7.16. The Hall–Kier alpha value is -0.520. The summed E-state index contributed by atoms with van der Waals surface area (Å²) in [7, 11) is 0. The van der Waals surface area contributed by atoms with Crippen LogP contribution in [-0.2, 0) is 0 Å². The van der Waals surface area contributed by atoms with Crippen molar-refractivity contribution in [1.29, 1.82) is 0 Å². The summed E-state index contributed by atoms with van der Waals surface area (Å²) in [5, 5.41) is 3.89. The van der Waals surface area contributed by atoms with E-state index in [1.54, 1.807) is 0 Å². The van der Waals surface area contributed by atoms with Gasteiger partial charge in [0.2, 0.25) is 0 Å². The molecule has 1 saturated heterocycles. The molecule has 1 heterocycles. The number of nitrogens with one attached hydrogen (secondary N) is 1. The minimum absolute atomic E-state index is 0.671. The van der Waals surface area contributed by atoms with Gasteiger partial charge in [0.1, 0.15) is 0 Å². The van der Waals surface area contributed by atoms with E-state index < -0.39 is 0 Å². The van der Waals surface area contributed by atoms with Crippen molar-refractivity contribution in [1.82, 2.24) is 10.2 Å². The second-order valence-corrected chi connectivity index (χ2v) is 6.03. The molecular weight excluding hydrogens is 220 g/mol. The summed E-state index contributed by atoms with van der Waals surface area (Å²) in [6, 6.07) is 1.47. The monoisotopic (exact) mass is 248 g/mol. The molecular formula is C16H28N2. The van der Waals surface area contributed by atoms with E-state index in [9.17, 15) is 0 Å². The lowest BCUT2D eigenvalue weighted by molar-refractivity contribution is 0.149. The van der Waals surface area contributed by atoms with Gasteiger partial charge in [0.05, 0.1) is 6.54 Å². The Balaban J connectivity index is 1.80. The normalized spacial score (nSPS) is 31.9. The lowest BCUT2D eigenvalue weighted by Gasteiger charge is -2.41. The van der Waals surface area contributed by atoms with E-state index in [0.717, 1.165) is 31.6 Å². The number of fused-ring (bicyclic) bond motifs is 1. The molecule has 0 aromatic heterocycles. The zero-order valence-corrected chi connectivity index (χ0v) is 11.8. The highest BCUT2D eigenvalue weighted by atomic mass is 15.2. The van der Waals surface area contributed by atoms with Gasteiger partial charge in [0, 0.05) is 18.6 Å². The van der Waals surface area contributed by atoms with Gasteiger partial charge >= 0.3 is 0 Å². The van der Waals surface area contributed by atoms with Gasteiger partial charge in [-0.15, -0.1) is 6.42 Å². The van der Waals surface area contributed by atoms with Crippen LogP contribution in [-0.4, -0.2) is 36.6 Å². The van der Waals surface area contributed by atoms with E-state index in [1.165, 1.54) is 44.9 Å². The van der Waals surface area contributed by atoms with Gasteiger partial charge in [0.15, 0.2) is 0 Å². The Kier molecular flexibility index (Phi) is 5.53. The van der Waals surface area contributed by atoms with Gasteiger partial charge in [-0.25, -0.2) is 0 Å². The van der Waals surface area contributed by atoms with Gasteiger partial charge in [-0.1, -0.05) is 25.7 Å². The highest BCUT2D eigenvalue weighted by Gasteiger charge is 2.31. The van der Waals surface area contributed by atoms with Crippen LogP contribution in [0.15, 0.2) is 0 Å². The minimum atomic E-state index is 0.671. The standard InChI is InChI=1S/C16H28N2/c1-3-11-18(12-4-2)13-15-10-9-14-7-5-6-8-16(14)17-15/h1,14-17H,4-13H2,2H3. The molecule has 0 aromatic carbocycles. The van der Waals surface area contributed by atoms with Crippen LogP contribution in [0.1, 0.15) is 51.9 Å². The van der Waals surface area contributed by atoms with E-state index in [1.807, 2.05) is 0 Å². The molecule has 2 rings (SSSR count). The summed E-state index contributed by atoms with van der Waals surface area (Å²) in [5.41, 5.74) is 0. The van der Waals surface area contributed by atoms with Crippen LogP contribution in [0.5, 0.6) is 0 Å². The van der Waals surface area contributed by atoms with Crippen molar-refractivity contribution in [2.24, 2.45) is 5.92 Å². The SMILES string of the molecule is C#CCN(CCC)CC1CCC2CCCCC2N1. The molecule has 1 saturated carbocycles. The zero-order chi connectivity index (χ0) is 12.8. The first-order chi connectivity index (χ1) is 8.83. The highest BCUT2D eigenvalue weighted by molar-refractivity contribution is 4.93. The van der Waals surface area contributed by atoms with Crippen molar-refractivity contribution in [3.8, 4) is 12.3 Å². The molecule has 2 nitrogen and oxygen atoms in total. The number of piperidine rings is 1. The summed E-state index contributed by atoms with van der Waals surface area (Å²) in [6.45, 7) is 5.31. The number of nitrogens with zero attached hydrogens (tertiary/aromatic N) is 1. The second-order valence-electron chi connectivity index (χ2n) is 6.03. The van der Waals surface area contributed by atoms with E-state index >= 15 is 0 Å². The fourth-order valence-electron chi connectivity index (χ4n) is 3.71. The smallest absolute Gasteiger partial charge is 0.0599 e. The topological polar surface area (TPSA) is 15.3 Å². The molecule has 2 heteroatoms. The lowest BCUT2D eigenvalue weighted by atomic mass is 9.78. The average molecular weight is 248 g/mol. The molecule has 2 aliphatic rings. The van der Waals surface area contributed by atoms with Crippen LogP contribution in [0.25, 0.3) is 0 Å². The molecule has 1 aliphatic heterocycles.